The van der Waals surface area contributed by atoms with Crippen molar-refractivity contribution in [3.8, 4) is 0 Å². The van der Waals surface area contributed by atoms with E-state index in [4.69, 9.17) is 11.6 Å². The molecular formula is C15H20ClN5O3S2. The molecule has 0 unspecified atom stereocenters. The van der Waals surface area contributed by atoms with E-state index in [1.165, 1.54) is 11.8 Å². The summed E-state index contributed by atoms with van der Waals surface area (Å²) in [5.41, 5.74) is 0.667. The van der Waals surface area contributed by atoms with Gasteiger partial charge in [0, 0.05) is 23.7 Å². The molecule has 1 atom stereocenters. The Morgan fingerprint density at radius 1 is 1.35 bits per heavy atom. The molecule has 1 amide bonds. The van der Waals surface area contributed by atoms with Crippen LogP contribution in [0.2, 0.25) is 5.02 Å². The van der Waals surface area contributed by atoms with E-state index in [1.807, 2.05) is 6.92 Å². The van der Waals surface area contributed by atoms with Crippen LogP contribution in [0.3, 0.4) is 0 Å². The summed E-state index contributed by atoms with van der Waals surface area (Å²) in [5.74, 6) is 1.08. The lowest BCUT2D eigenvalue weighted by atomic mass is 10.0. The van der Waals surface area contributed by atoms with Gasteiger partial charge < -0.3 is 5.32 Å². The molecule has 142 valence electrons. The number of thioether (sulfide) groups is 1. The smallest absolute Gasteiger partial charge is 0.221 e. The molecule has 0 fully saturated rings. The molecule has 0 saturated heterocycles. The molecule has 3 N–H and O–H groups in total. The largest absolute Gasteiger partial charge is 0.355 e. The van der Waals surface area contributed by atoms with Crippen molar-refractivity contribution in [3.05, 3.63) is 40.7 Å². The fourth-order valence-electron chi connectivity index (χ4n) is 2.16. The fraction of sp³-hybridized carbons (Fsp3) is 0.400. The molecule has 26 heavy (non-hydrogen) atoms. The van der Waals surface area contributed by atoms with Gasteiger partial charge in [-0.15, -0.1) is 5.10 Å². The Balaban J connectivity index is 1.87. The van der Waals surface area contributed by atoms with E-state index in [-0.39, 0.29) is 12.3 Å². The van der Waals surface area contributed by atoms with Crippen LogP contribution in [-0.4, -0.2) is 48.1 Å². The Morgan fingerprint density at radius 3 is 2.62 bits per heavy atom. The zero-order valence-electron chi connectivity index (χ0n) is 14.3. The molecule has 0 radical (unpaired) electrons. The number of aromatic amines is 1. The molecule has 2 rings (SSSR count). The van der Waals surface area contributed by atoms with Gasteiger partial charge in [-0.25, -0.2) is 18.1 Å². The van der Waals surface area contributed by atoms with Crippen LogP contribution in [0.15, 0.2) is 29.4 Å². The molecule has 0 bridgehead atoms. The number of nitrogens with one attached hydrogen (secondary N) is 3. The number of amides is 1. The van der Waals surface area contributed by atoms with Crippen molar-refractivity contribution < 1.29 is 13.2 Å². The van der Waals surface area contributed by atoms with E-state index >= 15 is 0 Å². The van der Waals surface area contributed by atoms with Gasteiger partial charge in [-0.1, -0.05) is 35.5 Å². The molecule has 0 aliphatic carbocycles. The highest BCUT2D eigenvalue weighted by Gasteiger charge is 2.19. The van der Waals surface area contributed by atoms with E-state index in [0.717, 1.165) is 12.1 Å². The summed E-state index contributed by atoms with van der Waals surface area (Å²) >= 11 is 7.27. The molecule has 8 nitrogen and oxygen atoms in total. The van der Waals surface area contributed by atoms with Crippen molar-refractivity contribution in [2.45, 2.75) is 24.5 Å². The molecule has 1 aromatic carbocycles. The summed E-state index contributed by atoms with van der Waals surface area (Å²) < 4.78 is 25.7. The van der Waals surface area contributed by atoms with Gasteiger partial charge in [-0.2, -0.15) is 0 Å². The van der Waals surface area contributed by atoms with Crippen molar-refractivity contribution in [3.63, 3.8) is 0 Å². The first-order valence-corrected chi connectivity index (χ1v) is 11.0. The molecule has 0 aliphatic rings. The number of hydrogen-bond acceptors (Lipinski definition) is 6. The first-order valence-electron chi connectivity index (χ1n) is 7.74. The Labute approximate surface area is 161 Å². The van der Waals surface area contributed by atoms with Gasteiger partial charge >= 0.3 is 0 Å². The van der Waals surface area contributed by atoms with E-state index in [0.29, 0.717) is 28.0 Å². The van der Waals surface area contributed by atoms with Crippen LogP contribution in [0.4, 0.5) is 0 Å². The number of carbonyl (C=O) groups is 1. The molecule has 0 aliphatic heterocycles. The van der Waals surface area contributed by atoms with Gasteiger partial charge in [0.15, 0.2) is 0 Å². The average Bonchev–Trinajstić information content (AvgIpc) is 2.96. The third-order valence-electron chi connectivity index (χ3n) is 3.25. The Kier molecular flexibility index (Phi) is 7.44. The lowest BCUT2D eigenvalue weighted by molar-refractivity contribution is -0.121. The number of sulfonamides is 1. The quantitative estimate of drug-likeness (QED) is 0.422. The Morgan fingerprint density at radius 2 is 2.04 bits per heavy atom. The van der Waals surface area contributed by atoms with Crippen LogP contribution < -0.4 is 10.0 Å². The first kappa shape index (κ1) is 20.7. The topological polar surface area (TPSA) is 117 Å². The van der Waals surface area contributed by atoms with Crippen LogP contribution in [0.1, 0.15) is 23.9 Å². The number of aryl methyl sites for hydroxylation is 1. The number of rotatable bonds is 9. The number of H-pyrrole nitrogens is 1. The van der Waals surface area contributed by atoms with Crippen LogP contribution >= 0.6 is 23.4 Å². The lowest BCUT2D eigenvalue weighted by Crippen LogP contribution is -2.34. The number of hydrogen-bond donors (Lipinski definition) is 3. The van der Waals surface area contributed by atoms with Crippen LogP contribution in [-0.2, 0) is 14.8 Å². The summed E-state index contributed by atoms with van der Waals surface area (Å²) in [4.78, 5) is 16.3. The Hall–Kier alpha value is -1.62. The molecule has 1 aromatic heterocycles. The van der Waals surface area contributed by atoms with Crippen LogP contribution in [0.5, 0.6) is 0 Å². The molecule has 11 heteroatoms. The van der Waals surface area contributed by atoms with Gasteiger partial charge in [0.2, 0.25) is 21.1 Å². The lowest BCUT2D eigenvalue weighted by Gasteiger charge is -2.18. The third-order valence-corrected chi connectivity index (χ3v) is 5.06. The van der Waals surface area contributed by atoms with Gasteiger partial charge in [-0.05, 0) is 24.6 Å². The van der Waals surface area contributed by atoms with Gasteiger partial charge in [0.05, 0.1) is 12.3 Å². The summed E-state index contributed by atoms with van der Waals surface area (Å²) in [7, 11) is -3.47. The van der Waals surface area contributed by atoms with Crippen molar-refractivity contribution in [1.29, 1.82) is 0 Å². The summed E-state index contributed by atoms with van der Waals surface area (Å²) in [6.07, 6.45) is 1.04. The second-order valence-electron chi connectivity index (χ2n) is 5.60. The minimum Gasteiger partial charge on any atom is -0.355 e. The number of benzene rings is 1. The third kappa shape index (κ3) is 7.32. The van der Waals surface area contributed by atoms with Crippen molar-refractivity contribution in [1.82, 2.24) is 25.2 Å². The van der Waals surface area contributed by atoms with Gasteiger partial charge in [0.25, 0.3) is 0 Å². The normalized spacial score (nSPS) is 12.7. The second-order valence-corrected chi connectivity index (χ2v) is 8.88. The highest BCUT2D eigenvalue weighted by Crippen LogP contribution is 2.20. The number of carbonyl (C=O) groups excluding carboxylic acids is 1. The molecule has 0 saturated carbocycles. The van der Waals surface area contributed by atoms with E-state index in [9.17, 15) is 13.2 Å². The standard InChI is InChI=1S/C15H20ClN5O3S2/c1-10-18-15(20-19-10)25-8-7-17-14(22)9-13(21-26(2,23)24)11-3-5-12(16)6-4-11/h3-6,13,21H,7-9H2,1-2H3,(H,17,22)(H,18,19,20)/t13-/m1/s1. The SMILES string of the molecule is Cc1nc(SCCNC(=O)C[C@@H](NS(C)(=O)=O)c2ccc(Cl)cc2)n[nH]1. The monoisotopic (exact) mass is 417 g/mol. The van der Waals surface area contributed by atoms with E-state index in [1.54, 1.807) is 24.3 Å². The Bertz CT molecular complexity index is 839. The first-order chi connectivity index (χ1) is 12.2. The van der Waals surface area contributed by atoms with Crippen molar-refractivity contribution in [2.75, 3.05) is 18.6 Å². The number of nitrogens with zero attached hydrogens (tertiary/aromatic N) is 2. The van der Waals surface area contributed by atoms with E-state index < -0.39 is 16.1 Å². The van der Waals surface area contributed by atoms with Crippen LogP contribution in [0, 0.1) is 6.92 Å². The van der Waals surface area contributed by atoms with Crippen molar-refractivity contribution >= 4 is 39.3 Å². The zero-order chi connectivity index (χ0) is 19.2. The summed E-state index contributed by atoms with van der Waals surface area (Å²) in [5, 5.41) is 10.7. The minimum atomic E-state index is -3.47. The predicted octanol–water partition coefficient (Wildman–Crippen LogP) is 1.66. The zero-order valence-corrected chi connectivity index (χ0v) is 16.7. The minimum absolute atomic E-state index is 0.0148. The highest BCUT2D eigenvalue weighted by atomic mass is 35.5. The van der Waals surface area contributed by atoms with Crippen LogP contribution in [0.25, 0.3) is 0 Å². The summed E-state index contributed by atoms with van der Waals surface area (Å²) in [6.45, 7) is 2.23. The molecule has 1 heterocycles. The maximum absolute atomic E-state index is 12.2. The highest BCUT2D eigenvalue weighted by molar-refractivity contribution is 7.99. The summed E-state index contributed by atoms with van der Waals surface area (Å²) in [6, 6.07) is 6.04. The number of halogens is 1. The van der Waals surface area contributed by atoms with E-state index in [2.05, 4.69) is 25.2 Å². The second kappa shape index (κ2) is 9.36. The number of aromatic nitrogens is 3. The molecule has 2 aromatic rings. The molecule has 0 spiro atoms. The maximum Gasteiger partial charge on any atom is 0.221 e. The average molecular weight is 418 g/mol. The predicted molar refractivity (Wildman–Crippen MR) is 102 cm³/mol. The van der Waals surface area contributed by atoms with Crippen molar-refractivity contribution in [2.24, 2.45) is 0 Å². The molecular weight excluding hydrogens is 398 g/mol. The maximum atomic E-state index is 12.2. The van der Waals surface area contributed by atoms with Gasteiger partial charge in [0.1, 0.15) is 5.82 Å². The van der Waals surface area contributed by atoms with Gasteiger partial charge in [-0.3, -0.25) is 9.89 Å². The fourth-order valence-corrected chi connectivity index (χ4v) is 3.72.